The normalized spacial score (nSPS) is 18.2. The third kappa shape index (κ3) is 4.25. The third-order valence-corrected chi connectivity index (χ3v) is 4.63. The van der Waals surface area contributed by atoms with Crippen molar-refractivity contribution in [2.24, 2.45) is 11.7 Å². The lowest BCUT2D eigenvalue weighted by molar-refractivity contribution is 0.0994. The van der Waals surface area contributed by atoms with Crippen LogP contribution in [0.2, 0.25) is 0 Å². The summed E-state index contributed by atoms with van der Waals surface area (Å²) in [4.78, 5) is 18.5. The van der Waals surface area contributed by atoms with Gasteiger partial charge in [-0.05, 0) is 63.9 Å². The Kier molecular flexibility index (Phi) is 5.61. The Hall–Kier alpha value is -2.34. The third-order valence-electron chi connectivity index (χ3n) is 4.63. The summed E-state index contributed by atoms with van der Waals surface area (Å²) in [6, 6.07) is 5.41. The summed E-state index contributed by atoms with van der Waals surface area (Å²) in [5, 5.41) is 1.69. The molecule has 0 aliphatic carbocycles. The molecule has 26 heavy (non-hydrogen) atoms. The molecule has 140 valence electrons. The Morgan fingerprint density at radius 3 is 2.92 bits per heavy atom. The summed E-state index contributed by atoms with van der Waals surface area (Å²) in [5.74, 6) is 1.03. The molecular formula is C20H27N3O3. The quantitative estimate of drug-likeness (QED) is 0.860. The number of hydrogen-bond donors (Lipinski definition) is 1. The van der Waals surface area contributed by atoms with Gasteiger partial charge in [-0.2, -0.15) is 0 Å². The zero-order valence-corrected chi connectivity index (χ0v) is 15.7. The van der Waals surface area contributed by atoms with Crippen molar-refractivity contribution in [3.63, 3.8) is 0 Å². The molecule has 0 saturated carbocycles. The maximum atomic E-state index is 11.8. The molecular weight excluding hydrogens is 330 g/mol. The highest BCUT2D eigenvalue weighted by molar-refractivity contribution is 6.01. The number of rotatable bonds is 6. The molecule has 1 unspecified atom stereocenters. The van der Waals surface area contributed by atoms with E-state index in [4.69, 9.17) is 15.2 Å². The van der Waals surface area contributed by atoms with E-state index < -0.39 is 5.91 Å². The number of likely N-dealkylation sites (tertiary alicyclic amines) is 1. The SMILES string of the molecule is CC(C)Oc1cc2c(OCC3CCCN(C)C3)nccc2cc1C(N)=O. The molecule has 1 amide bonds. The van der Waals surface area contributed by atoms with Gasteiger partial charge in [-0.1, -0.05) is 0 Å². The van der Waals surface area contributed by atoms with Gasteiger partial charge in [0.2, 0.25) is 5.88 Å². The zero-order chi connectivity index (χ0) is 18.7. The summed E-state index contributed by atoms with van der Waals surface area (Å²) in [6.45, 7) is 6.64. The van der Waals surface area contributed by atoms with Crippen molar-refractivity contribution in [2.75, 3.05) is 26.7 Å². The lowest BCUT2D eigenvalue weighted by atomic mass is 9.99. The highest BCUT2D eigenvalue weighted by Gasteiger charge is 2.19. The summed E-state index contributed by atoms with van der Waals surface area (Å²) < 4.78 is 11.8. The highest BCUT2D eigenvalue weighted by atomic mass is 16.5. The fourth-order valence-electron chi connectivity index (χ4n) is 3.44. The van der Waals surface area contributed by atoms with E-state index in [1.165, 1.54) is 12.8 Å². The molecule has 6 heteroatoms. The van der Waals surface area contributed by atoms with Crippen LogP contribution in [0.5, 0.6) is 11.6 Å². The molecule has 6 nitrogen and oxygen atoms in total. The molecule has 0 bridgehead atoms. The van der Waals surface area contributed by atoms with E-state index >= 15 is 0 Å². The Morgan fingerprint density at radius 2 is 2.23 bits per heavy atom. The number of fused-ring (bicyclic) bond motifs is 1. The lowest BCUT2D eigenvalue weighted by Gasteiger charge is -2.29. The van der Waals surface area contributed by atoms with E-state index in [9.17, 15) is 4.79 Å². The van der Waals surface area contributed by atoms with Crippen LogP contribution >= 0.6 is 0 Å². The second kappa shape index (κ2) is 7.91. The molecule has 0 radical (unpaired) electrons. The summed E-state index contributed by atoms with van der Waals surface area (Å²) in [6.07, 6.45) is 3.99. The fourth-order valence-corrected chi connectivity index (χ4v) is 3.44. The van der Waals surface area contributed by atoms with Crippen LogP contribution in [0.3, 0.4) is 0 Å². The zero-order valence-electron chi connectivity index (χ0n) is 15.7. The minimum atomic E-state index is -0.507. The number of pyridine rings is 1. The molecule has 1 saturated heterocycles. The van der Waals surface area contributed by atoms with Gasteiger partial charge < -0.3 is 20.1 Å². The standard InChI is InChI=1S/C20H27N3O3/c1-13(2)26-18-10-16-15(9-17(18)19(21)24)6-7-22-20(16)25-12-14-5-4-8-23(3)11-14/h6-7,9-10,13-14H,4-5,8,11-12H2,1-3H3,(H2,21,24). The first-order valence-corrected chi connectivity index (χ1v) is 9.14. The summed E-state index contributed by atoms with van der Waals surface area (Å²) in [5.41, 5.74) is 5.89. The molecule has 1 aromatic heterocycles. The highest BCUT2D eigenvalue weighted by Crippen LogP contribution is 2.32. The van der Waals surface area contributed by atoms with E-state index in [0.29, 0.717) is 29.7 Å². The number of ether oxygens (including phenoxy) is 2. The van der Waals surface area contributed by atoms with E-state index in [2.05, 4.69) is 16.9 Å². The van der Waals surface area contributed by atoms with Gasteiger partial charge in [0.25, 0.3) is 5.91 Å². The molecule has 1 fully saturated rings. The summed E-state index contributed by atoms with van der Waals surface area (Å²) >= 11 is 0. The number of amides is 1. The van der Waals surface area contributed by atoms with Crippen molar-refractivity contribution in [1.29, 1.82) is 0 Å². The number of carbonyl (C=O) groups is 1. The molecule has 2 aromatic rings. The second-order valence-electron chi connectivity index (χ2n) is 7.30. The van der Waals surface area contributed by atoms with Crippen LogP contribution in [0.25, 0.3) is 10.8 Å². The largest absolute Gasteiger partial charge is 0.490 e. The maximum Gasteiger partial charge on any atom is 0.252 e. The van der Waals surface area contributed by atoms with E-state index in [1.807, 2.05) is 26.0 Å². The van der Waals surface area contributed by atoms with Crippen LogP contribution in [0, 0.1) is 5.92 Å². The van der Waals surface area contributed by atoms with Gasteiger partial charge in [-0.15, -0.1) is 0 Å². The van der Waals surface area contributed by atoms with E-state index in [0.717, 1.165) is 23.9 Å². The van der Waals surface area contributed by atoms with Crippen molar-refractivity contribution < 1.29 is 14.3 Å². The van der Waals surface area contributed by atoms with Crippen LogP contribution in [0.1, 0.15) is 37.0 Å². The van der Waals surface area contributed by atoms with Crippen LogP contribution in [0.4, 0.5) is 0 Å². The predicted molar refractivity (Wildman–Crippen MR) is 102 cm³/mol. The number of nitrogens with zero attached hydrogens (tertiary/aromatic N) is 2. The number of primary amides is 1. The first-order chi connectivity index (χ1) is 12.4. The average Bonchev–Trinajstić information content (AvgIpc) is 2.59. The molecule has 2 heterocycles. The Labute approximate surface area is 154 Å². The van der Waals surface area contributed by atoms with E-state index in [1.54, 1.807) is 12.3 Å². The Balaban J connectivity index is 1.89. The number of aromatic nitrogens is 1. The van der Waals surface area contributed by atoms with Gasteiger partial charge in [0.1, 0.15) is 5.75 Å². The first kappa shape index (κ1) is 18.5. The Morgan fingerprint density at radius 1 is 1.42 bits per heavy atom. The van der Waals surface area contributed by atoms with Gasteiger partial charge in [-0.25, -0.2) is 4.98 Å². The minimum Gasteiger partial charge on any atom is -0.490 e. The molecule has 2 N–H and O–H groups in total. The lowest BCUT2D eigenvalue weighted by Crippen LogP contribution is -2.34. The van der Waals surface area contributed by atoms with Crippen LogP contribution in [-0.2, 0) is 0 Å². The van der Waals surface area contributed by atoms with Gasteiger partial charge in [0.05, 0.1) is 18.3 Å². The van der Waals surface area contributed by atoms with Crippen molar-refractivity contribution in [3.8, 4) is 11.6 Å². The predicted octanol–water partition coefficient (Wildman–Crippen LogP) is 2.84. The van der Waals surface area contributed by atoms with Crippen molar-refractivity contribution in [2.45, 2.75) is 32.8 Å². The number of hydrogen-bond acceptors (Lipinski definition) is 5. The number of carbonyl (C=O) groups excluding carboxylic acids is 1. The van der Waals surface area contributed by atoms with Gasteiger partial charge in [0.15, 0.2) is 0 Å². The smallest absolute Gasteiger partial charge is 0.252 e. The monoisotopic (exact) mass is 357 g/mol. The number of benzene rings is 1. The van der Waals surface area contributed by atoms with Crippen LogP contribution in [0.15, 0.2) is 24.4 Å². The molecule has 1 aliphatic heterocycles. The number of nitrogens with two attached hydrogens (primary N) is 1. The molecule has 1 atom stereocenters. The average molecular weight is 357 g/mol. The van der Waals surface area contributed by atoms with E-state index in [-0.39, 0.29) is 6.10 Å². The topological polar surface area (TPSA) is 77.7 Å². The molecule has 1 aromatic carbocycles. The van der Waals surface area contributed by atoms with Gasteiger partial charge in [0, 0.05) is 24.0 Å². The summed E-state index contributed by atoms with van der Waals surface area (Å²) in [7, 11) is 2.14. The van der Waals surface area contributed by atoms with Crippen molar-refractivity contribution >= 4 is 16.7 Å². The van der Waals surface area contributed by atoms with Crippen molar-refractivity contribution in [1.82, 2.24) is 9.88 Å². The number of piperidine rings is 1. The van der Waals surface area contributed by atoms with Crippen LogP contribution in [-0.4, -0.2) is 48.6 Å². The molecule has 0 spiro atoms. The Bertz CT molecular complexity index is 791. The minimum absolute atomic E-state index is 0.0654. The van der Waals surface area contributed by atoms with Crippen LogP contribution < -0.4 is 15.2 Å². The van der Waals surface area contributed by atoms with Gasteiger partial charge >= 0.3 is 0 Å². The van der Waals surface area contributed by atoms with Gasteiger partial charge in [-0.3, -0.25) is 4.79 Å². The second-order valence-corrected chi connectivity index (χ2v) is 7.30. The first-order valence-electron chi connectivity index (χ1n) is 9.14. The molecule has 1 aliphatic rings. The fraction of sp³-hybridized carbons (Fsp3) is 0.500. The maximum absolute atomic E-state index is 11.8. The molecule has 3 rings (SSSR count). The van der Waals surface area contributed by atoms with Crippen molar-refractivity contribution in [3.05, 3.63) is 30.0 Å².